The minimum absolute atomic E-state index is 0.162. The fourth-order valence-electron chi connectivity index (χ4n) is 0.650. The summed E-state index contributed by atoms with van der Waals surface area (Å²) in [5, 5.41) is 11.5. The molecule has 0 rings (SSSR count). The molecule has 2 heteroatoms. The summed E-state index contributed by atoms with van der Waals surface area (Å²) in [5.74, 6) is 0.623. The molecule has 0 aromatic carbocycles. The van der Waals surface area contributed by atoms with E-state index in [4.69, 9.17) is 5.26 Å². The number of nitrogens with zero attached hydrogens (tertiary/aromatic N) is 1. The molecule has 9 heavy (non-hydrogen) atoms. The molecular formula is C7H14N2. The standard InChI is InChI=1S/C7H14N2/c1-6(2)7(4-8)5-9-3/h6-7,9H,5H2,1-3H3. The van der Waals surface area contributed by atoms with Crippen molar-refractivity contribution in [1.82, 2.24) is 5.32 Å². The van der Waals surface area contributed by atoms with Gasteiger partial charge in [0.1, 0.15) is 0 Å². The second-order valence-electron chi connectivity index (χ2n) is 2.54. The molecule has 1 unspecified atom stereocenters. The molecule has 0 amide bonds. The zero-order chi connectivity index (χ0) is 7.28. The van der Waals surface area contributed by atoms with Gasteiger partial charge in [0.05, 0.1) is 12.0 Å². The van der Waals surface area contributed by atoms with E-state index in [2.05, 4.69) is 25.2 Å². The van der Waals surface area contributed by atoms with Gasteiger partial charge in [-0.15, -0.1) is 0 Å². The number of hydrogen-bond acceptors (Lipinski definition) is 2. The molecule has 0 spiro atoms. The lowest BCUT2D eigenvalue weighted by atomic mass is 9.98. The normalized spacial score (nSPS) is 13.2. The molecule has 0 bridgehead atoms. The third-order valence-electron chi connectivity index (χ3n) is 1.39. The van der Waals surface area contributed by atoms with Gasteiger partial charge in [-0.3, -0.25) is 0 Å². The van der Waals surface area contributed by atoms with Gasteiger partial charge in [0, 0.05) is 6.54 Å². The molecule has 52 valence electrons. The van der Waals surface area contributed by atoms with E-state index in [0.717, 1.165) is 6.54 Å². The van der Waals surface area contributed by atoms with Gasteiger partial charge < -0.3 is 5.32 Å². The molecule has 0 fully saturated rings. The maximum atomic E-state index is 8.54. The lowest BCUT2D eigenvalue weighted by Crippen LogP contribution is -2.21. The molecule has 0 aliphatic heterocycles. The quantitative estimate of drug-likeness (QED) is 0.612. The van der Waals surface area contributed by atoms with Crippen LogP contribution in [0.2, 0.25) is 0 Å². The number of nitrogens with one attached hydrogen (secondary N) is 1. The van der Waals surface area contributed by atoms with Gasteiger partial charge in [0.25, 0.3) is 0 Å². The molecule has 1 atom stereocenters. The summed E-state index contributed by atoms with van der Waals surface area (Å²) in [6.45, 7) is 4.92. The van der Waals surface area contributed by atoms with Gasteiger partial charge in [0.15, 0.2) is 0 Å². The van der Waals surface area contributed by atoms with Crippen LogP contribution in [0, 0.1) is 23.2 Å². The Morgan fingerprint density at radius 1 is 1.56 bits per heavy atom. The van der Waals surface area contributed by atoms with E-state index in [9.17, 15) is 0 Å². The first-order chi connectivity index (χ1) is 4.22. The van der Waals surface area contributed by atoms with Crippen LogP contribution in [-0.2, 0) is 0 Å². The van der Waals surface area contributed by atoms with Crippen LogP contribution in [-0.4, -0.2) is 13.6 Å². The van der Waals surface area contributed by atoms with E-state index >= 15 is 0 Å². The highest BCUT2D eigenvalue weighted by Gasteiger charge is 2.09. The van der Waals surface area contributed by atoms with Crippen LogP contribution < -0.4 is 5.32 Å². The highest BCUT2D eigenvalue weighted by atomic mass is 14.8. The van der Waals surface area contributed by atoms with E-state index in [1.165, 1.54) is 0 Å². The molecule has 1 N–H and O–H groups in total. The Kier molecular flexibility index (Phi) is 4.08. The average Bonchev–Trinajstić information content (AvgIpc) is 1.82. The summed E-state index contributed by atoms with van der Waals surface area (Å²) in [5.41, 5.74) is 0. The summed E-state index contributed by atoms with van der Waals surface area (Å²) < 4.78 is 0. The van der Waals surface area contributed by atoms with Gasteiger partial charge >= 0.3 is 0 Å². The monoisotopic (exact) mass is 126 g/mol. The summed E-state index contributed by atoms with van der Waals surface area (Å²) >= 11 is 0. The molecule has 2 nitrogen and oxygen atoms in total. The molecular weight excluding hydrogens is 112 g/mol. The topological polar surface area (TPSA) is 35.8 Å². The van der Waals surface area contributed by atoms with E-state index in [1.54, 1.807) is 0 Å². The average molecular weight is 126 g/mol. The van der Waals surface area contributed by atoms with E-state index < -0.39 is 0 Å². The SMILES string of the molecule is CNCC(C#N)C(C)C. The van der Waals surface area contributed by atoms with Crippen LogP contribution in [0.4, 0.5) is 0 Å². The smallest absolute Gasteiger partial charge is 0.0671 e. The van der Waals surface area contributed by atoms with Crippen molar-refractivity contribution in [3.05, 3.63) is 0 Å². The molecule has 0 radical (unpaired) electrons. The van der Waals surface area contributed by atoms with Crippen molar-refractivity contribution in [2.24, 2.45) is 11.8 Å². The van der Waals surface area contributed by atoms with E-state index in [0.29, 0.717) is 5.92 Å². The third kappa shape index (κ3) is 3.10. The molecule has 0 aliphatic rings. The zero-order valence-corrected chi connectivity index (χ0v) is 6.31. The van der Waals surface area contributed by atoms with Crippen molar-refractivity contribution in [2.75, 3.05) is 13.6 Å². The summed E-state index contributed by atoms with van der Waals surface area (Å²) in [7, 11) is 1.87. The maximum Gasteiger partial charge on any atom is 0.0671 e. The number of rotatable bonds is 3. The Morgan fingerprint density at radius 2 is 2.11 bits per heavy atom. The molecule has 0 saturated carbocycles. The second kappa shape index (κ2) is 4.34. The van der Waals surface area contributed by atoms with Crippen molar-refractivity contribution < 1.29 is 0 Å². The Labute approximate surface area is 56.9 Å². The van der Waals surface area contributed by atoms with Crippen molar-refractivity contribution in [3.63, 3.8) is 0 Å². The largest absolute Gasteiger partial charge is 0.318 e. The van der Waals surface area contributed by atoms with Crippen LogP contribution in [0.15, 0.2) is 0 Å². The van der Waals surface area contributed by atoms with Crippen LogP contribution in [0.3, 0.4) is 0 Å². The predicted octanol–water partition coefficient (Wildman–Crippen LogP) is 1.00. The van der Waals surface area contributed by atoms with Crippen molar-refractivity contribution >= 4 is 0 Å². The van der Waals surface area contributed by atoms with Gasteiger partial charge in [-0.1, -0.05) is 13.8 Å². The summed E-state index contributed by atoms with van der Waals surface area (Å²) in [6, 6.07) is 2.24. The highest BCUT2D eigenvalue weighted by molar-refractivity contribution is 4.85. The lowest BCUT2D eigenvalue weighted by Gasteiger charge is -2.10. The molecule has 0 aliphatic carbocycles. The fourth-order valence-corrected chi connectivity index (χ4v) is 0.650. The van der Waals surface area contributed by atoms with Crippen LogP contribution in [0.1, 0.15) is 13.8 Å². The minimum Gasteiger partial charge on any atom is -0.318 e. The van der Waals surface area contributed by atoms with E-state index in [-0.39, 0.29) is 5.92 Å². The summed E-state index contributed by atoms with van der Waals surface area (Å²) in [4.78, 5) is 0. The van der Waals surface area contributed by atoms with Crippen molar-refractivity contribution in [2.45, 2.75) is 13.8 Å². The zero-order valence-electron chi connectivity index (χ0n) is 6.31. The first kappa shape index (κ1) is 8.45. The predicted molar refractivity (Wildman–Crippen MR) is 37.9 cm³/mol. The fraction of sp³-hybridized carbons (Fsp3) is 0.857. The first-order valence-corrected chi connectivity index (χ1v) is 3.26. The Morgan fingerprint density at radius 3 is 2.22 bits per heavy atom. The van der Waals surface area contributed by atoms with Crippen LogP contribution >= 0.6 is 0 Å². The van der Waals surface area contributed by atoms with Crippen molar-refractivity contribution in [1.29, 1.82) is 5.26 Å². The van der Waals surface area contributed by atoms with Gasteiger partial charge in [-0.05, 0) is 13.0 Å². The molecule has 0 heterocycles. The third-order valence-corrected chi connectivity index (χ3v) is 1.39. The van der Waals surface area contributed by atoms with Gasteiger partial charge in [0.2, 0.25) is 0 Å². The minimum atomic E-state index is 0.162. The van der Waals surface area contributed by atoms with Crippen LogP contribution in [0.5, 0.6) is 0 Å². The summed E-state index contributed by atoms with van der Waals surface area (Å²) in [6.07, 6.45) is 0. The van der Waals surface area contributed by atoms with Crippen LogP contribution in [0.25, 0.3) is 0 Å². The Hall–Kier alpha value is -0.550. The highest BCUT2D eigenvalue weighted by Crippen LogP contribution is 2.06. The first-order valence-electron chi connectivity index (χ1n) is 3.26. The number of hydrogen-bond donors (Lipinski definition) is 1. The number of nitriles is 1. The molecule has 0 aromatic heterocycles. The maximum absolute atomic E-state index is 8.54. The molecule has 0 aromatic rings. The van der Waals surface area contributed by atoms with Gasteiger partial charge in [-0.25, -0.2) is 0 Å². The van der Waals surface area contributed by atoms with Gasteiger partial charge in [-0.2, -0.15) is 5.26 Å². The second-order valence-corrected chi connectivity index (χ2v) is 2.54. The Bertz CT molecular complexity index is 102. The van der Waals surface area contributed by atoms with Crippen molar-refractivity contribution in [3.8, 4) is 6.07 Å². The molecule has 0 saturated heterocycles. The Balaban J connectivity index is 3.58. The lowest BCUT2D eigenvalue weighted by molar-refractivity contribution is 0.458. The van der Waals surface area contributed by atoms with E-state index in [1.807, 2.05) is 7.05 Å².